The minimum absolute atomic E-state index is 0.214. The number of aryl methyl sites for hydroxylation is 1. The zero-order chi connectivity index (χ0) is 13.2. The Balaban J connectivity index is 3.22. The van der Waals surface area contributed by atoms with Gasteiger partial charge in [-0.15, -0.1) is 0 Å². The molecule has 0 aliphatic carbocycles. The van der Waals surface area contributed by atoms with Gasteiger partial charge in [-0.2, -0.15) is 0 Å². The molecule has 1 aromatic rings. The number of nitrogens with two attached hydrogens (primary N) is 1. The lowest BCUT2D eigenvalue weighted by Gasteiger charge is -2.23. The summed E-state index contributed by atoms with van der Waals surface area (Å²) in [6, 6.07) is 2.02. The van der Waals surface area contributed by atoms with Crippen molar-refractivity contribution in [2.45, 2.75) is 20.8 Å². The predicted octanol–water partition coefficient (Wildman–Crippen LogP) is 1.54. The molecule has 0 saturated carbocycles. The van der Waals surface area contributed by atoms with E-state index in [4.69, 9.17) is 10.5 Å². The first-order valence-corrected chi connectivity index (χ1v) is 5.52. The zero-order valence-electron chi connectivity index (χ0n) is 11.1. The maximum absolute atomic E-state index is 10.9. The van der Waals surface area contributed by atoms with E-state index in [9.17, 15) is 4.79 Å². The highest BCUT2D eigenvalue weighted by Gasteiger charge is 2.14. The van der Waals surface area contributed by atoms with E-state index in [1.54, 1.807) is 7.11 Å². The molecule has 1 aromatic carbocycles. The number of anilines is 1. The number of hydrogen-bond donors (Lipinski definition) is 1. The minimum atomic E-state index is -0.335. The average Bonchev–Trinajstić information content (AvgIpc) is 2.23. The van der Waals surface area contributed by atoms with Gasteiger partial charge in [0, 0.05) is 12.7 Å². The zero-order valence-corrected chi connectivity index (χ0v) is 11.1. The Morgan fingerprint density at radius 3 is 2.41 bits per heavy atom. The van der Waals surface area contributed by atoms with Crippen molar-refractivity contribution in [2.75, 3.05) is 25.6 Å². The fraction of sp³-hybridized carbons (Fsp3) is 0.462. The summed E-state index contributed by atoms with van der Waals surface area (Å²) in [5.74, 6) is 0.566. The number of carbonyl (C=O) groups is 1. The Morgan fingerprint density at radius 2 is 1.94 bits per heavy atom. The smallest absolute Gasteiger partial charge is 0.236 e. The predicted molar refractivity (Wildman–Crippen MR) is 69.7 cm³/mol. The maximum Gasteiger partial charge on any atom is 0.236 e. The van der Waals surface area contributed by atoms with Crippen LogP contribution in [-0.2, 0) is 4.79 Å². The molecule has 17 heavy (non-hydrogen) atoms. The highest BCUT2D eigenvalue weighted by molar-refractivity contribution is 5.80. The molecule has 0 heterocycles. The van der Waals surface area contributed by atoms with Gasteiger partial charge in [0.05, 0.1) is 13.7 Å². The van der Waals surface area contributed by atoms with E-state index in [-0.39, 0.29) is 12.5 Å². The first kappa shape index (κ1) is 13.4. The van der Waals surface area contributed by atoms with Crippen LogP contribution in [0.15, 0.2) is 6.07 Å². The second kappa shape index (κ2) is 5.08. The molecule has 1 rings (SSSR count). The summed E-state index contributed by atoms with van der Waals surface area (Å²) in [6.07, 6.45) is 0. The van der Waals surface area contributed by atoms with E-state index in [1.807, 2.05) is 38.8 Å². The number of primary amides is 1. The van der Waals surface area contributed by atoms with Crippen LogP contribution < -0.4 is 15.4 Å². The summed E-state index contributed by atoms with van der Waals surface area (Å²) >= 11 is 0. The van der Waals surface area contributed by atoms with E-state index in [0.717, 1.165) is 28.1 Å². The number of likely N-dealkylation sites (N-methyl/N-ethyl adjacent to an activating group) is 1. The summed E-state index contributed by atoms with van der Waals surface area (Å²) in [4.78, 5) is 12.8. The largest absolute Gasteiger partial charge is 0.496 e. The molecule has 0 fully saturated rings. The highest BCUT2D eigenvalue weighted by Crippen LogP contribution is 2.32. The quantitative estimate of drug-likeness (QED) is 0.862. The van der Waals surface area contributed by atoms with Crippen LogP contribution in [0.1, 0.15) is 16.7 Å². The monoisotopic (exact) mass is 236 g/mol. The van der Waals surface area contributed by atoms with Gasteiger partial charge in [0.15, 0.2) is 0 Å². The molecule has 94 valence electrons. The Hall–Kier alpha value is -1.71. The lowest BCUT2D eigenvalue weighted by atomic mass is 10.0. The van der Waals surface area contributed by atoms with Crippen LogP contribution >= 0.6 is 0 Å². The van der Waals surface area contributed by atoms with Crippen LogP contribution in [0.5, 0.6) is 5.75 Å². The summed E-state index contributed by atoms with van der Waals surface area (Å²) in [6.45, 7) is 6.24. The van der Waals surface area contributed by atoms with Gasteiger partial charge < -0.3 is 15.4 Å². The SMILES string of the molecule is COc1c(C)cc(N(C)CC(N)=O)c(C)c1C. The Bertz CT molecular complexity index is 442. The fourth-order valence-electron chi connectivity index (χ4n) is 2.07. The molecule has 0 aliphatic heterocycles. The summed E-state index contributed by atoms with van der Waals surface area (Å²) in [5, 5.41) is 0. The van der Waals surface area contributed by atoms with Crippen LogP contribution in [0.25, 0.3) is 0 Å². The molecule has 2 N–H and O–H groups in total. The van der Waals surface area contributed by atoms with Crippen molar-refractivity contribution in [2.24, 2.45) is 5.73 Å². The third-order valence-electron chi connectivity index (χ3n) is 3.01. The topological polar surface area (TPSA) is 55.6 Å². The molecule has 0 atom stereocenters. The first-order chi connectivity index (χ1) is 7.88. The van der Waals surface area contributed by atoms with Crippen molar-refractivity contribution in [3.63, 3.8) is 0 Å². The van der Waals surface area contributed by atoms with E-state index >= 15 is 0 Å². The van der Waals surface area contributed by atoms with Gasteiger partial charge in [-0.1, -0.05) is 0 Å². The molecule has 0 radical (unpaired) electrons. The number of methoxy groups -OCH3 is 1. The number of amides is 1. The van der Waals surface area contributed by atoms with Gasteiger partial charge in [0.25, 0.3) is 0 Å². The van der Waals surface area contributed by atoms with Crippen LogP contribution in [0.3, 0.4) is 0 Å². The van der Waals surface area contributed by atoms with Crippen molar-refractivity contribution in [1.29, 1.82) is 0 Å². The molecular weight excluding hydrogens is 216 g/mol. The second-order valence-corrected chi connectivity index (χ2v) is 4.32. The maximum atomic E-state index is 10.9. The molecule has 0 saturated heterocycles. The molecule has 0 bridgehead atoms. The lowest BCUT2D eigenvalue weighted by Crippen LogP contribution is -2.31. The third-order valence-corrected chi connectivity index (χ3v) is 3.01. The van der Waals surface area contributed by atoms with Gasteiger partial charge >= 0.3 is 0 Å². The van der Waals surface area contributed by atoms with Crippen LogP contribution in [0.2, 0.25) is 0 Å². The van der Waals surface area contributed by atoms with Crippen molar-refractivity contribution in [1.82, 2.24) is 0 Å². The summed E-state index contributed by atoms with van der Waals surface area (Å²) in [5.41, 5.74) is 9.48. The Morgan fingerprint density at radius 1 is 1.35 bits per heavy atom. The first-order valence-electron chi connectivity index (χ1n) is 5.52. The lowest BCUT2D eigenvalue weighted by molar-refractivity contribution is -0.116. The van der Waals surface area contributed by atoms with Crippen molar-refractivity contribution in [3.8, 4) is 5.75 Å². The standard InChI is InChI=1S/C13H20N2O2/c1-8-6-11(15(4)7-12(14)16)9(2)10(3)13(8)17-5/h6H,7H2,1-5H3,(H2,14,16). The number of benzene rings is 1. The van der Waals surface area contributed by atoms with Crippen LogP contribution in [0.4, 0.5) is 5.69 Å². The second-order valence-electron chi connectivity index (χ2n) is 4.32. The van der Waals surface area contributed by atoms with Gasteiger partial charge in [-0.3, -0.25) is 4.79 Å². The van der Waals surface area contributed by atoms with Crippen molar-refractivity contribution in [3.05, 3.63) is 22.8 Å². The highest BCUT2D eigenvalue weighted by atomic mass is 16.5. The fourth-order valence-corrected chi connectivity index (χ4v) is 2.07. The van der Waals surface area contributed by atoms with Gasteiger partial charge in [-0.05, 0) is 43.5 Å². The van der Waals surface area contributed by atoms with E-state index in [2.05, 4.69) is 0 Å². The van der Waals surface area contributed by atoms with Crippen molar-refractivity contribution < 1.29 is 9.53 Å². The molecule has 0 spiro atoms. The van der Waals surface area contributed by atoms with E-state index < -0.39 is 0 Å². The summed E-state index contributed by atoms with van der Waals surface area (Å²) < 4.78 is 5.36. The number of nitrogens with zero attached hydrogens (tertiary/aromatic N) is 1. The molecule has 4 heteroatoms. The molecule has 1 amide bonds. The van der Waals surface area contributed by atoms with Gasteiger partial charge in [0.2, 0.25) is 5.91 Å². The number of ether oxygens (including phenoxy) is 1. The molecule has 0 aromatic heterocycles. The normalized spacial score (nSPS) is 10.2. The summed E-state index contributed by atoms with van der Waals surface area (Å²) in [7, 11) is 3.53. The third kappa shape index (κ3) is 2.70. The van der Waals surface area contributed by atoms with Crippen LogP contribution in [-0.4, -0.2) is 26.6 Å². The van der Waals surface area contributed by atoms with Crippen molar-refractivity contribution >= 4 is 11.6 Å². The molecule has 0 aliphatic rings. The van der Waals surface area contributed by atoms with Gasteiger partial charge in [0.1, 0.15) is 5.75 Å². The van der Waals surface area contributed by atoms with Crippen LogP contribution in [0, 0.1) is 20.8 Å². The average molecular weight is 236 g/mol. The number of carbonyl (C=O) groups excluding carboxylic acids is 1. The Labute approximate surface area is 102 Å². The van der Waals surface area contributed by atoms with Gasteiger partial charge in [-0.25, -0.2) is 0 Å². The number of rotatable bonds is 4. The Kier molecular flexibility index (Phi) is 3.99. The minimum Gasteiger partial charge on any atom is -0.496 e. The van der Waals surface area contributed by atoms with E-state index in [1.165, 1.54) is 0 Å². The molecular formula is C13H20N2O2. The molecule has 0 unspecified atom stereocenters. The van der Waals surface area contributed by atoms with E-state index in [0.29, 0.717) is 0 Å². The number of hydrogen-bond acceptors (Lipinski definition) is 3. The molecule has 4 nitrogen and oxygen atoms in total.